The Morgan fingerprint density at radius 3 is 2.10 bits per heavy atom. The molecule has 1 amide bonds. The van der Waals surface area contributed by atoms with E-state index in [-0.39, 0.29) is 10.8 Å². The molecule has 0 unspecified atom stereocenters. The van der Waals surface area contributed by atoms with Crippen LogP contribution >= 0.6 is 10.7 Å². The van der Waals surface area contributed by atoms with E-state index < -0.39 is 9.05 Å². The fraction of sp³-hybridized carbons (Fsp3) is 0.0714. The molecule has 5 nitrogen and oxygen atoms in total. The molecule has 0 aliphatic carbocycles. The number of benzene rings is 2. The van der Waals surface area contributed by atoms with E-state index in [1.165, 1.54) is 24.3 Å². The largest absolute Gasteiger partial charge is 0.497 e. The Morgan fingerprint density at radius 1 is 1.05 bits per heavy atom. The number of hydrogen-bond acceptors (Lipinski definition) is 4. The quantitative estimate of drug-likeness (QED) is 0.877. The van der Waals surface area contributed by atoms with E-state index >= 15 is 0 Å². The summed E-state index contributed by atoms with van der Waals surface area (Å²) < 4.78 is 27.3. The number of carbonyl (C=O) groups is 1. The van der Waals surface area contributed by atoms with Crippen LogP contribution < -0.4 is 10.1 Å². The van der Waals surface area contributed by atoms with Crippen LogP contribution in [0.15, 0.2) is 53.4 Å². The number of nitrogens with one attached hydrogen (secondary N) is 1. The highest BCUT2D eigenvalue weighted by molar-refractivity contribution is 8.13. The number of methoxy groups -OCH3 is 1. The number of halogens is 1. The molecule has 7 heteroatoms. The van der Waals surface area contributed by atoms with Crippen LogP contribution in [0.5, 0.6) is 5.75 Å². The molecule has 0 heterocycles. The van der Waals surface area contributed by atoms with Gasteiger partial charge >= 0.3 is 0 Å². The van der Waals surface area contributed by atoms with Gasteiger partial charge in [0.25, 0.3) is 15.0 Å². The fourth-order valence-electron chi connectivity index (χ4n) is 1.65. The minimum Gasteiger partial charge on any atom is -0.497 e. The number of anilines is 1. The lowest BCUT2D eigenvalue weighted by Crippen LogP contribution is -2.11. The van der Waals surface area contributed by atoms with E-state index in [0.717, 1.165) is 0 Å². The van der Waals surface area contributed by atoms with Gasteiger partial charge in [0.1, 0.15) is 5.75 Å². The molecule has 110 valence electrons. The Kier molecular flexibility index (Phi) is 4.50. The monoisotopic (exact) mass is 325 g/mol. The first-order valence-corrected chi connectivity index (χ1v) is 8.21. The second-order valence-electron chi connectivity index (χ2n) is 4.14. The van der Waals surface area contributed by atoms with Gasteiger partial charge in [-0.1, -0.05) is 0 Å². The lowest BCUT2D eigenvalue weighted by atomic mass is 10.2. The lowest BCUT2D eigenvalue weighted by molar-refractivity contribution is 0.102. The van der Waals surface area contributed by atoms with Gasteiger partial charge in [-0.25, -0.2) is 8.42 Å². The van der Waals surface area contributed by atoms with Crippen molar-refractivity contribution in [3.05, 3.63) is 54.1 Å². The maximum atomic E-state index is 12.0. The molecule has 0 spiro atoms. The normalized spacial score (nSPS) is 11.0. The predicted molar refractivity (Wildman–Crippen MR) is 80.4 cm³/mol. The van der Waals surface area contributed by atoms with Crippen molar-refractivity contribution in [2.24, 2.45) is 0 Å². The van der Waals surface area contributed by atoms with Crippen molar-refractivity contribution in [3.8, 4) is 5.75 Å². The van der Waals surface area contributed by atoms with Gasteiger partial charge in [-0.2, -0.15) is 0 Å². The third-order valence-electron chi connectivity index (χ3n) is 2.75. The third-order valence-corrected chi connectivity index (χ3v) is 4.12. The molecule has 2 aromatic carbocycles. The summed E-state index contributed by atoms with van der Waals surface area (Å²) in [6, 6.07) is 12.2. The molecule has 0 aliphatic heterocycles. The van der Waals surface area contributed by atoms with E-state index in [2.05, 4.69) is 5.32 Å². The van der Waals surface area contributed by atoms with E-state index in [1.54, 1.807) is 31.4 Å². The van der Waals surface area contributed by atoms with Gasteiger partial charge in [0.2, 0.25) is 0 Å². The summed E-state index contributed by atoms with van der Waals surface area (Å²) in [6.07, 6.45) is 0. The first-order chi connectivity index (χ1) is 9.90. The summed E-state index contributed by atoms with van der Waals surface area (Å²) in [5, 5.41) is 2.69. The van der Waals surface area contributed by atoms with Gasteiger partial charge < -0.3 is 10.1 Å². The zero-order valence-corrected chi connectivity index (χ0v) is 12.6. The molecule has 0 aliphatic rings. The Bertz CT molecular complexity index is 740. The summed E-state index contributed by atoms with van der Waals surface area (Å²) in [6.45, 7) is 0. The predicted octanol–water partition coefficient (Wildman–Crippen LogP) is 2.88. The summed E-state index contributed by atoms with van der Waals surface area (Å²) in [5.41, 5.74) is 0.935. The Labute approximate surface area is 126 Å². The van der Waals surface area contributed by atoms with Crippen molar-refractivity contribution >= 4 is 31.3 Å². The van der Waals surface area contributed by atoms with Gasteiger partial charge in [0.15, 0.2) is 0 Å². The molecule has 0 fully saturated rings. The highest BCUT2D eigenvalue weighted by Gasteiger charge is 2.11. The summed E-state index contributed by atoms with van der Waals surface area (Å²) in [5.74, 6) is 0.336. The van der Waals surface area contributed by atoms with E-state index in [1.807, 2.05) is 0 Å². The fourth-order valence-corrected chi connectivity index (χ4v) is 2.42. The molecule has 0 aromatic heterocycles. The molecular formula is C14H12ClNO4S. The van der Waals surface area contributed by atoms with Crippen LogP contribution in [0.2, 0.25) is 0 Å². The first kappa shape index (κ1) is 15.3. The standard InChI is InChI=1S/C14H12ClNO4S/c1-20-12-6-4-11(5-7-12)16-14(17)10-2-8-13(9-3-10)21(15,18)19/h2-9H,1H3,(H,16,17). The van der Waals surface area contributed by atoms with Crippen molar-refractivity contribution in [2.75, 3.05) is 12.4 Å². The van der Waals surface area contributed by atoms with Gasteiger partial charge in [0.05, 0.1) is 12.0 Å². The van der Waals surface area contributed by atoms with Crippen LogP contribution in [-0.4, -0.2) is 21.4 Å². The summed E-state index contributed by atoms with van der Waals surface area (Å²) >= 11 is 0. The van der Waals surface area contributed by atoms with Crippen LogP contribution in [-0.2, 0) is 9.05 Å². The van der Waals surface area contributed by atoms with Crippen molar-refractivity contribution in [2.45, 2.75) is 4.90 Å². The van der Waals surface area contributed by atoms with E-state index in [9.17, 15) is 13.2 Å². The SMILES string of the molecule is COc1ccc(NC(=O)c2ccc(S(=O)(=O)Cl)cc2)cc1. The average molecular weight is 326 g/mol. The molecule has 0 saturated heterocycles. The molecule has 0 atom stereocenters. The number of amides is 1. The molecule has 2 rings (SSSR count). The van der Waals surface area contributed by atoms with Gasteiger partial charge in [-0.3, -0.25) is 4.79 Å². The number of ether oxygens (including phenoxy) is 1. The zero-order chi connectivity index (χ0) is 15.5. The van der Waals surface area contributed by atoms with Crippen LogP contribution in [0, 0.1) is 0 Å². The van der Waals surface area contributed by atoms with Gasteiger partial charge in [0, 0.05) is 21.9 Å². The van der Waals surface area contributed by atoms with Crippen molar-refractivity contribution in [1.29, 1.82) is 0 Å². The van der Waals surface area contributed by atoms with E-state index in [4.69, 9.17) is 15.4 Å². The smallest absolute Gasteiger partial charge is 0.261 e. The number of rotatable bonds is 4. The molecule has 1 N–H and O–H groups in total. The highest BCUT2D eigenvalue weighted by Crippen LogP contribution is 2.18. The second-order valence-corrected chi connectivity index (χ2v) is 6.71. The molecule has 2 aromatic rings. The Balaban J connectivity index is 2.12. The molecule has 0 radical (unpaired) electrons. The Morgan fingerprint density at radius 2 is 1.62 bits per heavy atom. The van der Waals surface area contributed by atoms with Gasteiger partial charge in [-0.15, -0.1) is 0 Å². The topological polar surface area (TPSA) is 72.5 Å². The minimum atomic E-state index is -3.79. The molecule has 21 heavy (non-hydrogen) atoms. The van der Waals surface area contributed by atoms with Gasteiger partial charge in [-0.05, 0) is 48.5 Å². The summed E-state index contributed by atoms with van der Waals surface area (Å²) in [7, 11) is 2.98. The molecule has 0 saturated carbocycles. The first-order valence-electron chi connectivity index (χ1n) is 5.90. The van der Waals surface area contributed by atoms with Crippen LogP contribution in [0.1, 0.15) is 10.4 Å². The second kappa shape index (κ2) is 6.15. The third kappa shape index (κ3) is 3.96. The number of carbonyl (C=O) groups excluding carboxylic acids is 1. The maximum Gasteiger partial charge on any atom is 0.261 e. The molecule has 0 bridgehead atoms. The van der Waals surface area contributed by atoms with Crippen LogP contribution in [0.25, 0.3) is 0 Å². The highest BCUT2D eigenvalue weighted by atomic mass is 35.7. The number of hydrogen-bond donors (Lipinski definition) is 1. The maximum absolute atomic E-state index is 12.0. The van der Waals surface area contributed by atoms with Crippen molar-refractivity contribution < 1.29 is 17.9 Å². The summed E-state index contributed by atoms with van der Waals surface area (Å²) in [4.78, 5) is 12.0. The van der Waals surface area contributed by atoms with Crippen molar-refractivity contribution in [3.63, 3.8) is 0 Å². The van der Waals surface area contributed by atoms with E-state index in [0.29, 0.717) is 17.0 Å². The minimum absolute atomic E-state index is 0.0508. The molecular weight excluding hydrogens is 314 g/mol. The van der Waals surface area contributed by atoms with Crippen molar-refractivity contribution in [1.82, 2.24) is 0 Å². The Hall–Kier alpha value is -2.05. The average Bonchev–Trinajstić information content (AvgIpc) is 2.47. The van der Waals surface area contributed by atoms with Crippen LogP contribution in [0.4, 0.5) is 5.69 Å². The lowest BCUT2D eigenvalue weighted by Gasteiger charge is -2.06. The van der Waals surface area contributed by atoms with Crippen LogP contribution in [0.3, 0.4) is 0 Å². The zero-order valence-electron chi connectivity index (χ0n) is 11.0.